The lowest BCUT2D eigenvalue weighted by Gasteiger charge is -2.21. The van der Waals surface area contributed by atoms with E-state index in [1.807, 2.05) is 12.1 Å². The van der Waals surface area contributed by atoms with Gasteiger partial charge in [-0.2, -0.15) is 0 Å². The van der Waals surface area contributed by atoms with Gasteiger partial charge in [0, 0.05) is 12.6 Å². The molecule has 0 heterocycles. The number of nitrogens with one attached hydrogen (secondary N) is 1. The molecule has 1 N–H and O–H groups in total. The highest BCUT2D eigenvalue weighted by Crippen LogP contribution is 2.38. The van der Waals surface area contributed by atoms with Crippen LogP contribution < -0.4 is 19.5 Å². The zero-order chi connectivity index (χ0) is 15.2. The van der Waals surface area contributed by atoms with E-state index in [0.717, 1.165) is 18.0 Å². The van der Waals surface area contributed by atoms with Crippen molar-refractivity contribution in [3.8, 4) is 17.2 Å². The molecule has 1 aliphatic rings. The maximum atomic E-state index is 5.39. The molecule has 0 unspecified atom stereocenters. The molecule has 1 saturated carbocycles. The van der Waals surface area contributed by atoms with Crippen molar-refractivity contribution in [3.05, 3.63) is 17.7 Å². The van der Waals surface area contributed by atoms with Crippen molar-refractivity contribution in [3.63, 3.8) is 0 Å². The van der Waals surface area contributed by atoms with E-state index in [-0.39, 0.29) is 0 Å². The first-order chi connectivity index (χ1) is 10.2. The van der Waals surface area contributed by atoms with Crippen molar-refractivity contribution in [2.45, 2.75) is 45.2 Å². The molecule has 0 aromatic heterocycles. The number of hydrogen-bond donors (Lipinski definition) is 1. The highest BCUT2D eigenvalue weighted by Gasteiger charge is 2.21. The summed E-state index contributed by atoms with van der Waals surface area (Å²) in [6.07, 6.45) is 5.45. The summed E-state index contributed by atoms with van der Waals surface area (Å²) in [6, 6.07) is 4.57. The number of rotatable bonds is 7. The Morgan fingerprint density at radius 2 is 1.62 bits per heavy atom. The highest BCUT2D eigenvalue weighted by molar-refractivity contribution is 5.53. The summed E-state index contributed by atoms with van der Waals surface area (Å²) >= 11 is 0. The Labute approximate surface area is 127 Å². The van der Waals surface area contributed by atoms with Gasteiger partial charge >= 0.3 is 0 Å². The lowest BCUT2D eigenvalue weighted by Crippen LogP contribution is -2.31. The van der Waals surface area contributed by atoms with Gasteiger partial charge in [0.05, 0.1) is 21.3 Å². The minimum absolute atomic E-state index is 0.548. The number of methoxy groups -OCH3 is 3. The van der Waals surface area contributed by atoms with Crippen molar-refractivity contribution in [2.24, 2.45) is 5.92 Å². The second-order valence-electron chi connectivity index (χ2n) is 5.75. The van der Waals surface area contributed by atoms with Gasteiger partial charge in [-0.25, -0.2) is 0 Å². The molecule has 0 amide bonds. The largest absolute Gasteiger partial charge is 0.493 e. The van der Waals surface area contributed by atoms with E-state index >= 15 is 0 Å². The Morgan fingerprint density at radius 1 is 1.05 bits per heavy atom. The first-order valence-corrected chi connectivity index (χ1v) is 7.71. The van der Waals surface area contributed by atoms with Crippen LogP contribution >= 0.6 is 0 Å². The second kappa shape index (κ2) is 7.55. The second-order valence-corrected chi connectivity index (χ2v) is 5.75. The molecule has 1 aliphatic carbocycles. The van der Waals surface area contributed by atoms with Crippen molar-refractivity contribution in [1.82, 2.24) is 5.32 Å². The van der Waals surface area contributed by atoms with Crippen LogP contribution in [-0.4, -0.2) is 27.4 Å². The average Bonchev–Trinajstić information content (AvgIpc) is 3.05. The minimum atomic E-state index is 0.548. The van der Waals surface area contributed by atoms with Gasteiger partial charge in [0.2, 0.25) is 5.75 Å². The van der Waals surface area contributed by atoms with Gasteiger partial charge in [-0.1, -0.05) is 12.8 Å². The van der Waals surface area contributed by atoms with Crippen molar-refractivity contribution in [1.29, 1.82) is 0 Å². The summed E-state index contributed by atoms with van der Waals surface area (Å²) in [5.74, 6) is 2.88. The fourth-order valence-electron chi connectivity index (χ4n) is 3.14. The van der Waals surface area contributed by atoms with Crippen LogP contribution in [0.3, 0.4) is 0 Å². The lowest BCUT2D eigenvalue weighted by molar-refractivity contribution is 0.323. The van der Waals surface area contributed by atoms with E-state index in [4.69, 9.17) is 14.2 Å². The van der Waals surface area contributed by atoms with Crippen LogP contribution in [0.4, 0.5) is 0 Å². The van der Waals surface area contributed by atoms with E-state index in [0.29, 0.717) is 23.3 Å². The van der Waals surface area contributed by atoms with E-state index in [9.17, 15) is 0 Å². The van der Waals surface area contributed by atoms with Crippen LogP contribution in [0.25, 0.3) is 0 Å². The Morgan fingerprint density at radius 3 is 2.10 bits per heavy atom. The van der Waals surface area contributed by atoms with E-state index < -0.39 is 0 Å². The van der Waals surface area contributed by atoms with E-state index in [1.165, 1.54) is 25.7 Å². The average molecular weight is 293 g/mol. The van der Waals surface area contributed by atoms with Crippen LogP contribution in [0.1, 0.15) is 38.2 Å². The number of benzene rings is 1. The molecule has 4 heteroatoms. The Hall–Kier alpha value is -1.42. The van der Waals surface area contributed by atoms with Crippen LogP contribution in [-0.2, 0) is 6.54 Å². The molecule has 1 aromatic carbocycles. The molecule has 0 bridgehead atoms. The quantitative estimate of drug-likeness (QED) is 0.836. The number of hydrogen-bond acceptors (Lipinski definition) is 4. The van der Waals surface area contributed by atoms with E-state index in [1.54, 1.807) is 21.3 Å². The first kappa shape index (κ1) is 16.0. The molecule has 1 fully saturated rings. The molecule has 2 rings (SSSR count). The van der Waals surface area contributed by atoms with Crippen LogP contribution in [0, 0.1) is 5.92 Å². The zero-order valence-electron chi connectivity index (χ0n) is 13.6. The third kappa shape index (κ3) is 3.82. The van der Waals surface area contributed by atoms with Gasteiger partial charge in [0.15, 0.2) is 11.5 Å². The maximum absolute atomic E-state index is 5.39. The summed E-state index contributed by atoms with van der Waals surface area (Å²) < 4.78 is 16.1. The summed E-state index contributed by atoms with van der Waals surface area (Å²) in [6.45, 7) is 3.10. The third-order valence-electron chi connectivity index (χ3n) is 4.46. The normalized spacial score (nSPS) is 16.8. The minimum Gasteiger partial charge on any atom is -0.493 e. The van der Waals surface area contributed by atoms with Crippen molar-refractivity contribution in [2.75, 3.05) is 21.3 Å². The molecule has 0 saturated heterocycles. The zero-order valence-corrected chi connectivity index (χ0v) is 13.6. The van der Waals surface area contributed by atoms with Crippen molar-refractivity contribution < 1.29 is 14.2 Å². The fourth-order valence-corrected chi connectivity index (χ4v) is 3.14. The van der Waals surface area contributed by atoms with Gasteiger partial charge in [-0.3, -0.25) is 0 Å². The van der Waals surface area contributed by atoms with Gasteiger partial charge in [0.25, 0.3) is 0 Å². The van der Waals surface area contributed by atoms with Crippen molar-refractivity contribution >= 4 is 0 Å². The summed E-state index contributed by atoms with van der Waals surface area (Å²) in [7, 11) is 4.92. The molecule has 118 valence electrons. The number of ether oxygens (including phenoxy) is 3. The molecule has 1 aromatic rings. The van der Waals surface area contributed by atoms with Crippen LogP contribution in [0.15, 0.2) is 12.1 Å². The summed E-state index contributed by atoms with van der Waals surface area (Å²) in [4.78, 5) is 0. The maximum Gasteiger partial charge on any atom is 0.203 e. The smallest absolute Gasteiger partial charge is 0.203 e. The van der Waals surface area contributed by atoms with Gasteiger partial charge in [0.1, 0.15) is 0 Å². The van der Waals surface area contributed by atoms with Crippen LogP contribution in [0.2, 0.25) is 0 Å². The molecule has 0 spiro atoms. The molecule has 0 radical (unpaired) electrons. The molecule has 4 nitrogen and oxygen atoms in total. The Kier molecular flexibility index (Phi) is 5.74. The SMILES string of the molecule is COc1cc(CN[C@@H](C)C2CCCC2)cc(OC)c1OC. The molecule has 0 aliphatic heterocycles. The third-order valence-corrected chi connectivity index (χ3v) is 4.46. The van der Waals surface area contributed by atoms with Gasteiger partial charge in [-0.15, -0.1) is 0 Å². The Balaban J connectivity index is 2.05. The lowest BCUT2D eigenvalue weighted by atomic mass is 9.99. The fraction of sp³-hybridized carbons (Fsp3) is 0.647. The molecular formula is C17H27NO3. The van der Waals surface area contributed by atoms with Gasteiger partial charge in [-0.05, 0) is 43.4 Å². The molecule has 21 heavy (non-hydrogen) atoms. The predicted molar refractivity (Wildman–Crippen MR) is 84.4 cm³/mol. The predicted octanol–water partition coefficient (Wildman–Crippen LogP) is 3.38. The molecular weight excluding hydrogens is 266 g/mol. The van der Waals surface area contributed by atoms with Gasteiger partial charge < -0.3 is 19.5 Å². The first-order valence-electron chi connectivity index (χ1n) is 7.71. The highest BCUT2D eigenvalue weighted by atomic mass is 16.5. The Bertz CT molecular complexity index is 430. The monoisotopic (exact) mass is 293 g/mol. The van der Waals surface area contributed by atoms with E-state index in [2.05, 4.69) is 12.2 Å². The topological polar surface area (TPSA) is 39.7 Å². The van der Waals surface area contributed by atoms with Crippen LogP contribution in [0.5, 0.6) is 17.2 Å². The molecule has 1 atom stereocenters. The summed E-state index contributed by atoms with van der Waals surface area (Å²) in [5.41, 5.74) is 1.15. The summed E-state index contributed by atoms with van der Waals surface area (Å²) in [5, 5.41) is 3.63. The standard InChI is InChI=1S/C17H27NO3/c1-12(14-7-5-6-8-14)18-11-13-9-15(19-2)17(21-4)16(10-13)20-3/h9-10,12,14,18H,5-8,11H2,1-4H3/t12-/m0/s1.